The van der Waals surface area contributed by atoms with Gasteiger partial charge >= 0.3 is 0 Å². The lowest BCUT2D eigenvalue weighted by molar-refractivity contribution is -0.383. The van der Waals surface area contributed by atoms with Crippen molar-refractivity contribution in [3.8, 4) is 0 Å². The van der Waals surface area contributed by atoms with Crippen LogP contribution >= 0.6 is 0 Å². The Hall–Kier alpha value is -2.63. The summed E-state index contributed by atoms with van der Waals surface area (Å²) in [6.07, 6.45) is 0. The molecule has 0 aromatic heterocycles. The Kier molecular flexibility index (Phi) is 3.84. The third-order valence-electron chi connectivity index (χ3n) is 2.98. The van der Waals surface area contributed by atoms with E-state index >= 15 is 0 Å². The number of rotatable bonds is 4. The van der Waals surface area contributed by atoms with Crippen molar-refractivity contribution in [3.05, 3.63) is 64.0 Å². The van der Waals surface area contributed by atoms with Gasteiger partial charge in [0, 0.05) is 17.3 Å². The maximum atomic E-state index is 13.6. The van der Waals surface area contributed by atoms with E-state index in [0.29, 0.717) is 11.3 Å². The molecule has 20 heavy (non-hydrogen) atoms. The summed E-state index contributed by atoms with van der Waals surface area (Å²) in [5.74, 6) is -0.303. The maximum absolute atomic E-state index is 13.6. The van der Waals surface area contributed by atoms with Gasteiger partial charge in [-0.1, -0.05) is 18.2 Å². The summed E-state index contributed by atoms with van der Waals surface area (Å²) in [7, 11) is 0. The molecule has 1 atom stereocenters. The van der Waals surface area contributed by atoms with Crippen LogP contribution in [0.5, 0.6) is 0 Å². The molecule has 0 spiro atoms. The van der Waals surface area contributed by atoms with E-state index < -0.39 is 4.92 Å². The molecule has 6 heteroatoms. The summed E-state index contributed by atoms with van der Waals surface area (Å²) in [5.41, 5.74) is 6.66. The highest BCUT2D eigenvalue weighted by Gasteiger charge is 2.14. The van der Waals surface area contributed by atoms with Crippen LogP contribution in [0, 0.1) is 15.9 Å². The van der Waals surface area contributed by atoms with Gasteiger partial charge in [-0.05, 0) is 25.1 Å². The van der Waals surface area contributed by atoms with Gasteiger partial charge in [-0.15, -0.1) is 0 Å². The fraction of sp³-hybridized carbons (Fsp3) is 0.143. The normalized spacial score (nSPS) is 11.9. The molecule has 0 aliphatic heterocycles. The third-order valence-corrected chi connectivity index (χ3v) is 2.98. The van der Waals surface area contributed by atoms with Gasteiger partial charge in [0.1, 0.15) is 11.5 Å². The van der Waals surface area contributed by atoms with Crippen molar-refractivity contribution >= 4 is 17.1 Å². The molecule has 0 fully saturated rings. The van der Waals surface area contributed by atoms with Crippen molar-refractivity contribution in [2.45, 2.75) is 13.0 Å². The van der Waals surface area contributed by atoms with Gasteiger partial charge in [0.2, 0.25) is 0 Å². The highest BCUT2D eigenvalue weighted by molar-refractivity contribution is 5.66. The predicted molar refractivity (Wildman–Crippen MR) is 75.9 cm³/mol. The van der Waals surface area contributed by atoms with Crippen molar-refractivity contribution in [2.24, 2.45) is 0 Å². The Morgan fingerprint density at radius 3 is 2.60 bits per heavy atom. The Labute approximate surface area is 115 Å². The van der Waals surface area contributed by atoms with Gasteiger partial charge in [-0.3, -0.25) is 10.1 Å². The van der Waals surface area contributed by atoms with Crippen molar-refractivity contribution in [1.29, 1.82) is 0 Å². The number of benzene rings is 2. The van der Waals surface area contributed by atoms with Crippen LogP contribution in [-0.2, 0) is 0 Å². The zero-order chi connectivity index (χ0) is 14.7. The van der Waals surface area contributed by atoms with Crippen molar-refractivity contribution in [3.63, 3.8) is 0 Å². The van der Waals surface area contributed by atoms with Gasteiger partial charge in [0.15, 0.2) is 0 Å². The van der Waals surface area contributed by atoms with Gasteiger partial charge in [0.05, 0.1) is 11.0 Å². The molecule has 0 saturated heterocycles. The van der Waals surface area contributed by atoms with Crippen LogP contribution < -0.4 is 11.1 Å². The largest absolute Gasteiger partial charge is 0.393 e. The SMILES string of the molecule is CC(Nc1ccc([N+](=O)[O-])c(N)c1)c1ccccc1F. The topological polar surface area (TPSA) is 81.2 Å². The molecule has 0 bridgehead atoms. The number of nitrogens with two attached hydrogens (primary N) is 1. The fourth-order valence-electron chi connectivity index (χ4n) is 1.96. The smallest absolute Gasteiger partial charge is 0.292 e. The second-order valence-corrected chi connectivity index (χ2v) is 4.42. The minimum absolute atomic E-state index is 0.0701. The molecule has 0 radical (unpaired) electrons. The van der Waals surface area contributed by atoms with E-state index in [1.54, 1.807) is 31.2 Å². The molecule has 3 N–H and O–H groups in total. The Balaban J connectivity index is 2.20. The second-order valence-electron chi connectivity index (χ2n) is 4.42. The van der Waals surface area contributed by atoms with E-state index in [9.17, 15) is 14.5 Å². The van der Waals surface area contributed by atoms with E-state index in [2.05, 4.69) is 5.32 Å². The molecular formula is C14H14FN3O2. The first-order chi connectivity index (χ1) is 9.49. The quantitative estimate of drug-likeness (QED) is 0.508. The van der Waals surface area contributed by atoms with Crippen LogP contribution in [0.4, 0.5) is 21.5 Å². The van der Waals surface area contributed by atoms with Crippen LogP contribution in [-0.4, -0.2) is 4.92 Å². The number of nitro benzene ring substituents is 1. The zero-order valence-corrected chi connectivity index (χ0v) is 10.8. The molecule has 0 saturated carbocycles. The minimum atomic E-state index is -0.542. The number of nitro groups is 1. The number of nitrogens with zero attached hydrogens (tertiary/aromatic N) is 1. The first-order valence-corrected chi connectivity index (χ1v) is 6.04. The summed E-state index contributed by atoms with van der Waals surface area (Å²) in [5, 5.41) is 13.7. The average molecular weight is 275 g/mol. The third kappa shape index (κ3) is 2.85. The number of hydrogen-bond acceptors (Lipinski definition) is 4. The van der Waals surface area contributed by atoms with Crippen molar-refractivity contribution in [2.75, 3.05) is 11.1 Å². The van der Waals surface area contributed by atoms with E-state index in [1.807, 2.05) is 0 Å². The van der Waals surface area contributed by atoms with Crippen LogP contribution in [0.15, 0.2) is 42.5 Å². The summed E-state index contributed by atoms with van der Waals surface area (Å²) >= 11 is 0. The lowest BCUT2D eigenvalue weighted by Gasteiger charge is -2.16. The summed E-state index contributed by atoms with van der Waals surface area (Å²) in [6, 6.07) is 10.5. The summed E-state index contributed by atoms with van der Waals surface area (Å²) < 4.78 is 13.6. The number of halogens is 1. The van der Waals surface area contributed by atoms with Gasteiger partial charge in [-0.25, -0.2) is 4.39 Å². The average Bonchev–Trinajstić information content (AvgIpc) is 2.38. The van der Waals surface area contributed by atoms with Gasteiger partial charge < -0.3 is 11.1 Å². The monoisotopic (exact) mass is 275 g/mol. The lowest BCUT2D eigenvalue weighted by atomic mass is 10.1. The molecule has 2 rings (SSSR count). The standard InChI is InChI=1S/C14H14FN3O2/c1-9(11-4-2-3-5-12(11)15)17-10-6-7-14(18(19)20)13(16)8-10/h2-9,17H,16H2,1H3. The van der Waals surface area contributed by atoms with Crippen LogP contribution in [0.1, 0.15) is 18.5 Å². The molecule has 0 aliphatic carbocycles. The maximum Gasteiger partial charge on any atom is 0.292 e. The number of anilines is 2. The van der Waals surface area contributed by atoms with E-state index in [1.165, 1.54) is 18.2 Å². The van der Waals surface area contributed by atoms with E-state index in [4.69, 9.17) is 5.73 Å². The molecule has 5 nitrogen and oxygen atoms in total. The van der Waals surface area contributed by atoms with Gasteiger partial charge in [-0.2, -0.15) is 0 Å². The molecule has 0 amide bonds. The first-order valence-electron chi connectivity index (χ1n) is 6.04. The predicted octanol–water partition coefficient (Wildman–Crippen LogP) is 3.49. The van der Waals surface area contributed by atoms with Crippen LogP contribution in [0.3, 0.4) is 0 Å². The molecule has 0 heterocycles. The molecule has 104 valence electrons. The molecule has 2 aromatic carbocycles. The van der Waals surface area contributed by atoms with Crippen LogP contribution in [0.2, 0.25) is 0 Å². The minimum Gasteiger partial charge on any atom is -0.393 e. The van der Waals surface area contributed by atoms with Crippen LogP contribution in [0.25, 0.3) is 0 Å². The van der Waals surface area contributed by atoms with E-state index in [-0.39, 0.29) is 23.2 Å². The van der Waals surface area contributed by atoms with Crippen molar-refractivity contribution < 1.29 is 9.31 Å². The highest BCUT2D eigenvalue weighted by atomic mass is 19.1. The summed E-state index contributed by atoms with van der Waals surface area (Å²) in [4.78, 5) is 10.1. The summed E-state index contributed by atoms with van der Waals surface area (Å²) in [6.45, 7) is 1.80. The van der Waals surface area contributed by atoms with Gasteiger partial charge in [0.25, 0.3) is 5.69 Å². The van der Waals surface area contributed by atoms with E-state index in [0.717, 1.165) is 0 Å². The first kappa shape index (κ1) is 13.8. The number of nitrogen functional groups attached to an aromatic ring is 1. The Bertz CT molecular complexity index is 646. The number of nitrogens with one attached hydrogen (secondary N) is 1. The second kappa shape index (κ2) is 5.56. The molecule has 2 aromatic rings. The fourth-order valence-corrected chi connectivity index (χ4v) is 1.96. The lowest BCUT2D eigenvalue weighted by Crippen LogP contribution is -2.09. The van der Waals surface area contributed by atoms with Crippen molar-refractivity contribution in [1.82, 2.24) is 0 Å². The Morgan fingerprint density at radius 1 is 1.30 bits per heavy atom. The Morgan fingerprint density at radius 2 is 2.00 bits per heavy atom. The molecule has 1 unspecified atom stereocenters. The highest BCUT2D eigenvalue weighted by Crippen LogP contribution is 2.27. The number of hydrogen-bond donors (Lipinski definition) is 2. The zero-order valence-electron chi connectivity index (χ0n) is 10.8. The molecular weight excluding hydrogens is 261 g/mol. The molecule has 0 aliphatic rings.